The SMILES string of the molecule is C[C@]12CCC[C@]3(CO3)[C@@H]1C[C@H]1[C@@H](C2)OC(=O)[C@@H]1CNCCc1c[nH]c2ccccc12. The number of epoxide rings is 1. The summed E-state index contributed by atoms with van der Waals surface area (Å²) in [5.41, 5.74) is 2.90. The molecular formula is C25H32N2O3. The number of rotatable bonds is 5. The molecule has 2 aliphatic carbocycles. The number of nitrogens with one attached hydrogen (secondary N) is 2. The summed E-state index contributed by atoms with van der Waals surface area (Å²) in [5.74, 6) is 0.927. The van der Waals surface area contributed by atoms with Crippen LogP contribution in [-0.4, -0.2) is 42.4 Å². The number of aromatic amines is 1. The van der Waals surface area contributed by atoms with Crippen molar-refractivity contribution in [2.24, 2.45) is 23.2 Å². The van der Waals surface area contributed by atoms with E-state index < -0.39 is 0 Å². The van der Waals surface area contributed by atoms with Gasteiger partial charge < -0.3 is 19.8 Å². The Labute approximate surface area is 177 Å². The zero-order valence-corrected chi connectivity index (χ0v) is 17.8. The number of carbonyl (C=O) groups is 1. The molecule has 2 saturated carbocycles. The number of fused-ring (bicyclic) bond motifs is 4. The van der Waals surface area contributed by atoms with Gasteiger partial charge in [0.2, 0.25) is 0 Å². The van der Waals surface area contributed by atoms with Crippen molar-refractivity contribution < 1.29 is 14.3 Å². The summed E-state index contributed by atoms with van der Waals surface area (Å²) in [6, 6.07) is 8.42. The van der Waals surface area contributed by atoms with Crippen molar-refractivity contribution in [1.29, 1.82) is 0 Å². The largest absolute Gasteiger partial charge is 0.462 e. The van der Waals surface area contributed by atoms with Crippen LogP contribution in [0.4, 0.5) is 0 Å². The maximum absolute atomic E-state index is 12.7. The van der Waals surface area contributed by atoms with Gasteiger partial charge in [0.05, 0.1) is 18.1 Å². The van der Waals surface area contributed by atoms with Crippen molar-refractivity contribution in [1.82, 2.24) is 10.3 Å². The number of aromatic nitrogens is 1. The van der Waals surface area contributed by atoms with Crippen molar-refractivity contribution in [2.45, 2.75) is 57.2 Å². The monoisotopic (exact) mass is 408 g/mol. The summed E-state index contributed by atoms with van der Waals surface area (Å²) >= 11 is 0. The van der Waals surface area contributed by atoms with E-state index in [0.717, 1.165) is 39.0 Å². The highest BCUT2D eigenvalue weighted by molar-refractivity contribution is 5.83. The predicted molar refractivity (Wildman–Crippen MR) is 115 cm³/mol. The van der Waals surface area contributed by atoms with Crippen LogP contribution in [-0.2, 0) is 20.7 Å². The highest BCUT2D eigenvalue weighted by atomic mass is 16.6. The van der Waals surface area contributed by atoms with Crippen molar-refractivity contribution in [3.63, 3.8) is 0 Å². The van der Waals surface area contributed by atoms with Crippen LogP contribution in [0.5, 0.6) is 0 Å². The van der Waals surface area contributed by atoms with Gasteiger partial charge in [0.25, 0.3) is 0 Å². The van der Waals surface area contributed by atoms with E-state index in [9.17, 15) is 4.79 Å². The smallest absolute Gasteiger partial charge is 0.310 e. The molecule has 2 saturated heterocycles. The summed E-state index contributed by atoms with van der Waals surface area (Å²) in [6.45, 7) is 4.93. The lowest BCUT2D eigenvalue weighted by Crippen LogP contribution is -2.51. The van der Waals surface area contributed by atoms with Crippen LogP contribution in [0.1, 0.15) is 44.6 Å². The van der Waals surface area contributed by atoms with Gasteiger partial charge in [-0.05, 0) is 68.0 Å². The van der Waals surface area contributed by atoms with Crippen LogP contribution < -0.4 is 5.32 Å². The lowest BCUT2D eigenvalue weighted by Gasteiger charge is -2.51. The van der Waals surface area contributed by atoms with Crippen LogP contribution in [0.3, 0.4) is 0 Å². The second-order valence-corrected chi connectivity index (χ2v) is 10.4. The zero-order valence-electron chi connectivity index (χ0n) is 17.8. The van der Waals surface area contributed by atoms with Gasteiger partial charge in [0.1, 0.15) is 6.10 Å². The molecule has 0 bridgehead atoms. The van der Waals surface area contributed by atoms with Gasteiger partial charge in [-0.1, -0.05) is 25.1 Å². The summed E-state index contributed by atoms with van der Waals surface area (Å²) < 4.78 is 11.9. The molecular weight excluding hydrogens is 376 g/mol. The van der Waals surface area contributed by atoms with Crippen LogP contribution in [0.15, 0.2) is 30.5 Å². The third-order valence-electron chi connectivity index (χ3n) is 8.69. The zero-order chi connectivity index (χ0) is 20.3. The maximum atomic E-state index is 12.7. The molecule has 0 unspecified atom stereocenters. The van der Waals surface area contributed by atoms with E-state index >= 15 is 0 Å². The minimum Gasteiger partial charge on any atom is -0.462 e. The highest BCUT2D eigenvalue weighted by Crippen LogP contribution is 2.62. The molecule has 6 atom stereocenters. The molecule has 5 nitrogen and oxygen atoms in total. The minimum atomic E-state index is -0.0137. The fourth-order valence-corrected chi connectivity index (χ4v) is 7.01. The molecule has 3 heterocycles. The molecule has 1 spiro atoms. The summed E-state index contributed by atoms with van der Waals surface area (Å²) in [7, 11) is 0. The Morgan fingerprint density at radius 3 is 3.00 bits per heavy atom. The third kappa shape index (κ3) is 2.93. The van der Waals surface area contributed by atoms with Gasteiger partial charge in [-0.2, -0.15) is 0 Å². The predicted octanol–water partition coefficient (Wildman–Crippen LogP) is 3.83. The minimum absolute atomic E-state index is 0.0117. The first kappa shape index (κ1) is 18.9. The topological polar surface area (TPSA) is 66.7 Å². The molecule has 2 aromatic rings. The first-order chi connectivity index (χ1) is 14.6. The van der Waals surface area contributed by atoms with E-state index in [1.165, 1.54) is 35.7 Å². The van der Waals surface area contributed by atoms with E-state index in [2.05, 4.69) is 47.7 Å². The number of para-hydroxylation sites is 1. The highest BCUT2D eigenvalue weighted by Gasteiger charge is 2.64. The molecule has 0 amide bonds. The second kappa shape index (κ2) is 6.83. The Hall–Kier alpha value is -1.85. The standard InChI is InChI=1S/C25H32N2O3/c1-24-8-4-9-25(15-29-25)22(24)11-18-19(23(28)30-21(18)12-24)14-26-10-7-16-13-27-20-6-3-2-5-17(16)20/h2-3,5-6,13,18-19,21-22,26-27H,4,7-12,14-15H2,1H3/t18-,19-,21-,22-,24-,25+/m1/s1. The maximum Gasteiger partial charge on any atom is 0.310 e. The Kier molecular flexibility index (Phi) is 4.30. The molecule has 30 heavy (non-hydrogen) atoms. The van der Waals surface area contributed by atoms with Gasteiger partial charge >= 0.3 is 5.97 Å². The van der Waals surface area contributed by atoms with E-state index in [-0.39, 0.29) is 29.0 Å². The van der Waals surface area contributed by atoms with E-state index in [1.807, 2.05) is 0 Å². The molecule has 160 valence electrons. The van der Waals surface area contributed by atoms with Crippen LogP contribution >= 0.6 is 0 Å². The normalized spacial score (nSPS) is 39.7. The van der Waals surface area contributed by atoms with Crippen molar-refractivity contribution in [2.75, 3.05) is 19.7 Å². The molecule has 4 aliphatic rings. The summed E-state index contributed by atoms with van der Waals surface area (Å²) in [6.07, 6.45) is 8.96. The fourth-order valence-electron chi connectivity index (χ4n) is 7.01. The quantitative estimate of drug-likeness (QED) is 0.448. The first-order valence-corrected chi connectivity index (χ1v) is 11.7. The fraction of sp³-hybridized carbons (Fsp3) is 0.640. The number of carbonyl (C=O) groups excluding carboxylic acids is 1. The average molecular weight is 409 g/mol. The van der Waals surface area contributed by atoms with Crippen molar-refractivity contribution >= 4 is 16.9 Å². The summed E-state index contributed by atoms with van der Waals surface area (Å²) in [4.78, 5) is 16.1. The number of hydrogen-bond donors (Lipinski definition) is 2. The van der Waals surface area contributed by atoms with Gasteiger partial charge in [0.15, 0.2) is 0 Å². The van der Waals surface area contributed by atoms with E-state index in [1.54, 1.807) is 0 Å². The second-order valence-electron chi connectivity index (χ2n) is 10.4. The third-order valence-corrected chi connectivity index (χ3v) is 8.69. The number of ether oxygens (including phenoxy) is 2. The molecule has 6 rings (SSSR count). The van der Waals surface area contributed by atoms with Crippen molar-refractivity contribution in [3.05, 3.63) is 36.0 Å². The Bertz CT molecular complexity index is 964. The number of benzene rings is 1. The molecule has 1 aromatic heterocycles. The lowest BCUT2D eigenvalue weighted by molar-refractivity contribution is -0.147. The number of esters is 1. The van der Waals surface area contributed by atoms with Gasteiger partial charge in [0, 0.05) is 29.6 Å². The van der Waals surface area contributed by atoms with Gasteiger partial charge in [-0.3, -0.25) is 4.79 Å². The van der Waals surface area contributed by atoms with Crippen molar-refractivity contribution in [3.8, 4) is 0 Å². The Morgan fingerprint density at radius 2 is 2.13 bits per heavy atom. The molecule has 4 fully saturated rings. The summed E-state index contributed by atoms with van der Waals surface area (Å²) in [5, 5.41) is 4.86. The van der Waals surface area contributed by atoms with E-state index in [0.29, 0.717) is 11.8 Å². The number of H-pyrrole nitrogens is 1. The average Bonchev–Trinajstić information content (AvgIpc) is 3.27. The molecule has 2 aliphatic heterocycles. The van der Waals surface area contributed by atoms with E-state index in [4.69, 9.17) is 9.47 Å². The van der Waals surface area contributed by atoms with Gasteiger partial charge in [-0.15, -0.1) is 0 Å². The Balaban J connectivity index is 1.10. The number of hydrogen-bond acceptors (Lipinski definition) is 4. The Morgan fingerprint density at radius 1 is 1.27 bits per heavy atom. The van der Waals surface area contributed by atoms with Crippen LogP contribution in [0, 0.1) is 23.2 Å². The molecule has 1 aromatic carbocycles. The molecule has 0 radical (unpaired) electrons. The lowest BCUT2D eigenvalue weighted by atomic mass is 9.53. The van der Waals surface area contributed by atoms with Gasteiger partial charge in [-0.25, -0.2) is 0 Å². The molecule has 2 N–H and O–H groups in total. The first-order valence-electron chi connectivity index (χ1n) is 11.7. The van der Waals surface area contributed by atoms with Crippen LogP contribution in [0.2, 0.25) is 0 Å². The molecule has 5 heteroatoms. The van der Waals surface area contributed by atoms with Crippen LogP contribution in [0.25, 0.3) is 10.9 Å².